The highest BCUT2D eigenvalue weighted by atomic mass is 16.5. The predicted octanol–water partition coefficient (Wildman–Crippen LogP) is 0.659. The molecule has 6 heteroatoms. The van der Waals surface area contributed by atoms with Crippen molar-refractivity contribution in [1.29, 1.82) is 0 Å². The van der Waals surface area contributed by atoms with Crippen LogP contribution in [0.2, 0.25) is 0 Å². The molecule has 0 radical (unpaired) electrons. The second-order valence-electron chi connectivity index (χ2n) is 5.12. The van der Waals surface area contributed by atoms with Crippen molar-refractivity contribution >= 4 is 17.5 Å². The molecule has 1 aliphatic rings. The third-order valence-corrected chi connectivity index (χ3v) is 3.50. The molecule has 21 heavy (non-hydrogen) atoms. The molecule has 0 bridgehead atoms. The molecule has 1 fully saturated rings. The Morgan fingerprint density at radius 3 is 2.52 bits per heavy atom. The van der Waals surface area contributed by atoms with Crippen LogP contribution in [0.15, 0.2) is 24.3 Å². The SMILES string of the molecule is COCC(=O)Nc1ccccc1C(=O)N1CCN(C)CC1. The number of ether oxygens (including phenoxy) is 1. The summed E-state index contributed by atoms with van der Waals surface area (Å²) in [6, 6.07) is 7.07. The quantitative estimate of drug-likeness (QED) is 0.885. The Hall–Kier alpha value is -1.92. The van der Waals surface area contributed by atoms with Crippen LogP contribution in [0.5, 0.6) is 0 Å². The van der Waals surface area contributed by atoms with Gasteiger partial charge in [0, 0.05) is 33.3 Å². The van der Waals surface area contributed by atoms with Gasteiger partial charge < -0.3 is 19.9 Å². The minimum atomic E-state index is -0.267. The lowest BCUT2D eigenvalue weighted by Crippen LogP contribution is -2.47. The Morgan fingerprint density at radius 2 is 1.86 bits per heavy atom. The zero-order chi connectivity index (χ0) is 15.2. The van der Waals surface area contributed by atoms with Crippen LogP contribution in [-0.2, 0) is 9.53 Å². The van der Waals surface area contributed by atoms with Crippen LogP contribution < -0.4 is 5.32 Å². The van der Waals surface area contributed by atoms with Crippen molar-refractivity contribution in [2.45, 2.75) is 0 Å². The van der Waals surface area contributed by atoms with Crippen molar-refractivity contribution in [3.8, 4) is 0 Å². The van der Waals surface area contributed by atoms with Crippen LogP contribution in [0.1, 0.15) is 10.4 Å². The molecule has 0 saturated carbocycles. The van der Waals surface area contributed by atoms with Crippen LogP contribution in [0.3, 0.4) is 0 Å². The first-order valence-corrected chi connectivity index (χ1v) is 6.97. The van der Waals surface area contributed by atoms with Crippen molar-refractivity contribution in [2.75, 3.05) is 52.3 Å². The van der Waals surface area contributed by atoms with Gasteiger partial charge in [0.2, 0.25) is 5.91 Å². The van der Waals surface area contributed by atoms with E-state index >= 15 is 0 Å². The lowest BCUT2D eigenvalue weighted by molar-refractivity contribution is -0.119. The van der Waals surface area contributed by atoms with E-state index in [4.69, 9.17) is 4.74 Å². The number of amides is 2. The van der Waals surface area contributed by atoms with E-state index in [1.807, 2.05) is 11.9 Å². The molecule has 0 atom stereocenters. The number of nitrogens with one attached hydrogen (secondary N) is 1. The van der Waals surface area contributed by atoms with Gasteiger partial charge in [0.05, 0.1) is 11.3 Å². The average molecular weight is 291 g/mol. The van der Waals surface area contributed by atoms with Crippen LogP contribution in [-0.4, -0.2) is 68.6 Å². The Kier molecular flexibility index (Phi) is 5.30. The number of methoxy groups -OCH3 is 1. The third kappa shape index (κ3) is 4.03. The maximum atomic E-state index is 12.6. The molecule has 0 spiro atoms. The second kappa shape index (κ2) is 7.19. The molecule has 2 rings (SSSR count). The standard InChI is InChI=1S/C15H21N3O3/c1-17-7-9-18(10-8-17)15(20)12-5-3-4-6-13(12)16-14(19)11-21-2/h3-6H,7-11H2,1-2H3,(H,16,19). The predicted molar refractivity (Wildman–Crippen MR) is 80.3 cm³/mol. The molecule has 6 nitrogen and oxygen atoms in total. The highest BCUT2D eigenvalue weighted by Gasteiger charge is 2.22. The minimum absolute atomic E-state index is 0.0307. The van der Waals surface area contributed by atoms with Crippen LogP contribution >= 0.6 is 0 Å². The first kappa shape index (κ1) is 15.5. The second-order valence-corrected chi connectivity index (χ2v) is 5.12. The number of piperazine rings is 1. The summed E-state index contributed by atoms with van der Waals surface area (Å²) >= 11 is 0. The summed E-state index contributed by atoms with van der Waals surface area (Å²) in [5, 5.41) is 2.72. The number of carbonyl (C=O) groups is 2. The highest BCUT2D eigenvalue weighted by Crippen LogP contribution is 2.18. The molecule has 114 valence electrons. The maximum absolute atomic E-state index is 12.6. The molecule has 0 aliphatic carbocycles. The topological polar surface area (TPSA) is 61.9 Å². The number of hydrogen-bond acceptors (Lipinski definition) is 4. The number of benzene rings is 1. The third-order valence-electron chi connectivity index (χ3n) is 3.50. The molecular weight excluding hydrogens is 270 g/mol. The van der Waals surface area contributed by atoms with Gasteiger partial charge in [0.15, 0.2) is 0 Å². The van der Waals surface area contributed by atoms with Gasteiger partial charge in [0.1, 0.15) is 6.61 Å². The summed E-state index contributed by atoms with van der Waals surface area (Å²) in [6.45, 7) is 3.11. The van der Waals surface area contributed by atoms with Gasteiger partial charge in [0.25, 0.3) is 5.91 Å². The number of para-hydroxylation sites is 1. The lowest BCUT2D eigenvalue weighted by Gasteiger charge is -2.32. The van der Waals surface area contributed by atoms with Crippen molar-refractivity contribution in [1.82, 2.24) is 9.80 Å². The van der Waals surface area contributed by atoms with E-state index in [9.17, 15) is 9.59 Å². The molecule has 1 aromatic carbocycles. The Bertz CT molecular complexity index is 511. The van der Waals surface area contributed by atoms with E-state index in [2.05, 4.69) is 10.2 Å². The van der Waals surface area contributed by atoms with Gasteiger partial charge in [-0.3, -0.25) is 9.59 Å². The zero-order valence-electron chi connectivity index (χ0n) is 12.5. The summed E-state index contributed by atoms with van der Waals surface area (Å²) in [5.74, 6) is -0.312. The lowest BCUT2D eigenvalue weighted by atomic mass is 10.1. The zero-order valence-corrected chi connectivity index (χ0v) is 12.5. The smallest absolute Gasteiger partial charge is 0.256 e. The van der Waals surface area contributed by atoms with E-state index in [1.54, 1.807) is 24.3 Å². The number of nitrogens with zero attached hydrogens (tertiary/aromatic N) is 2. The number of rotatable bonds is 4. The van der Waals surface area contributed by atoms with Gasteiger partial charge in [-0.05, 0) is 19.2 Å². The summed E-state index contributed by atoms with van der Waals surface area (Å²) in [7, 11) is 3.50. The molecule has 1 aromatic rings. The first-order chi connectivity index (χ1) is 10.1. The van der Waals surface area contributed by atoms with Gasteiger partial charge in [-0.1, -0.05) is 12.1 Å². The molecule has 1 heterocycles. The van der Waals surface area contributed by atoms with Gasteiger partial charge in [-0.15, -0.1) is 0 Å². The average Bonchev–Trinajstić information content (AvgIpc) is 2.48. The fraction of sp³-hybridized carbons (Fsp3) is 0.467. The molecule has 0 aromatic heterocycles. The molecule has 1 N–H and O–H groups in total. The van der Waals surface area contributed by atoms with E-state index in [0.29, 0.717) is 24.3 Å². The fourth-order valence-corrected chi connectivity index (χ4v) is 2.28. The Morgan fingerprint density at radius 1 is 1.19 bits per heavy atom. The monoisotopic (exact) mass is 291 g/mol. The largest absolute Gasteiger partial charge is 0.375 e. The normalized spacial score (nSPS) is 15.8. The molecule has 2 amide bonds. The van der Waals surface area contributed by atoms with Crippen molar-refractivity contribution in [3.05, 3.63) is 29.8 Å². The first-order valence-electron chi connectivity index (χ1n) is 6.97. The Balaban J connectivity index is 2.11. The van der Waals surface area contributed by atoms with E-state index < -0.39 is 0 Å². The Labute approximate surface area is 124 Å². The number of likely N-dealkylation sites (N-methyl/N-ethyl adjacent to an activating group) is 1. The fourth-order valence-electron chi connectivity index (χ4n) is 2.28. The van der Waals surface area contributed by atoms with Crippen LogP contribution in [0.4, 0.5) is 5.69 Å². The van der Waals surface area contributed by atoms with Crippen LogP contribution in [0, 0.1) is 0 Å². The molecular formula is C15H21N3O3. The van der Waals surface area contributed by atoms with E-state index in [1.165, 1.54) is 7.11 Å². The molecule has 0 unspecified atom stereocenters. The summed E-state index contributed by atoms with van der Waals surface area (Å²) in [4.78, 5) is 28.2. The van der Waals surface area contributed by atoms with Crippen molar-refractivity contribution in [3.63, 3.8) is 0 Å². The van der Waals surface area contributed by atoms with Gasteiger partial charge >= 0.3 is 0 Å². The summed E-state index contributed by atoms with van der Waals surface area (Å²) in [5.41, 5.74) is 1.05. The highest BCUT2D eigenvalue weighted by molar-refractivity contribution is 6.04. The summed E-state index contributed by atoms with van der Waals surface area (Å²) < 4.78 is 4.79. The van der Waals surface area contributed by atoms with E-state index in [-0.39, 0.29) is 18.4 Å². The maximum Gasteiger partial charge on any atom is 0.256 e. The molecule has 1 aliphatic heterocycles. The summed E-state index contributed by atoms with van der Waals surface area (Å²) in [6.07, 6.45) is 0. The van der Waals surface area contributed by atoms with Gasteiger partial charge in [-0.2, -0.15) is 0 Å². The van der Waals surface area contributed by atoms with Crippen LogP contribution in [0.25, 0.3) is 0 Å². The van der Waals surface area contributed by atoms with Crippen molar-refractivity contribution in [2.24, 2.45) is 0 Å². The number of carbonyl (C=O) groups excluding carboxylic acids is 2. The molecule has 1 saturated heterocycles. The van der Waals surface area contributed by atoms with Crippen molar-refractivity contribution < 1.29 is 14.3 Å². The van der Waals surface area contributed by atoms with Gasteiger partial charge in [-0.25, -0.2) is 0 Å². The number of hydrogen-bond donors (Lipinski definition) is 1. The number of anilines is 1. The minimum Gasteiger partial charge on any atom is -0.375 e. The van der Waals surface area contributed by atoms with E-state index in [0.717, 1.165) is 13.1 Å².